The minimum absolute atomic E-state index is 0.00181. The Morgan fingerprint density at radius 2 is 2.09 bits per heavy atom. The molecule has 126 valence electrons. The highest BCUT2D eigenvalue weighted by Gasteiger charge is 2.24. The van der Waals surface area contributed by atoms with Gasteiger partial charge in [0.05, 0.1) is 7.11 Å². The van der Waals surface area contributed by atoms with Gasteiger partial charge in [-0.1, -0.05) is 6.08 Å². The van der Waals surface area contributed by atoms with Crippen LogP contribution < -0.4 is 4.74 Å². The van der Waals surface area contributed by atoms with Crippen LogP contribution in [0.15, 0.2) is 12.1 Å². The minimum Gasteiger partial charge on any atom is -0.479 e. The van der Waals surface area contributed by atoms with E-state index in [9.17, 15) is 9.18 Å². The lowest BCUT2D eigenvalue weighted by molar-refractivity contribution is 0.0270. The maximum absolute atomic E-state index is 13.9. The van der Waals surface area contributed by atoms with E-state index in [0.29, 0.717) is 25.2 Å². The molecule has 1 aliphatic heterocycles. The molecular weight excluding hydrogens is 299 g/mol. The molecule has 6 heteroatoms. The third-order valence-corrected chi connectivity index (χ3v) is 3.53. The van der Waals surface area contributed by atoms with E-state index in [1.54, 1.807) is 4.90 Å². The molecule has 0 N–H and O–H groups in total. The maximum atomic E-state index is 13.9. The number of methoxy groups -OCH3 is 1. The zero-order valence-electron chi connectivity index (χ0n) is 14.3. The molecule has 0 aliphatic carbocycles. The number of halogens is 1. The Morgan fingerprint density at radius 3 is 2.61 bits per heavy atom. The highest BCUT2D eigenvalue weighted by molar-refractivity contribution is 5.73. The first-order valence-electron chi connectivity index (χ1n) is 7.59. The van der Waals surface area contributed by atoms with Crippen LogP contribution in [0.5, 0.6) is 5.88 Å². The summed E-state index contributed by atoms with van der Waals surface area (Å²) in [5.74, 6) is -0.485. The normalized spacial score (nSPS) is 15.2. The first kappa shape index (κ1) is 17.2. The molecule has 1 aromatic heterocycles. The van der Waals surface area contributed by atoms with Crippen LogP contribution in [0.1, 0.15) is 38.4 Å². The highest BCUT2D eigenvalue weighted by Crippen LogP contribution is 2.28. The fourth-order valence-electron chi connectivity index (χ4n) is 2.43. The second kappa shape index (κ2) is 6.56. The molecule has 5 nitrogen and oxygen atoms in total. The molecule has 1 amide bonds. The van der Waals surface area contributed by atoms with Gasteiger partial charge in [-0.05, 0) is 45.8 Å². The molecule has 0 spiro atoms. The van der Waals surface area contributed by atoms with Gasteiger partial charge >= 0.3 is 6.09 Å². The summed E-state index contributed by atoms with van der Waals surface area (Å²) < 4.78 is 24.1. The van der Waals surface area contributed by atoms with Crippen molar-refractivity contribution >= 4 is 11.7 Å². The van der Waals surface area contributed by atoms with Crippen molar-refractivity contribution in [1.82, 2.24) is 9.88 Å². The van der Waals surface area contributed by atoms with Gasteiger partial charge in [0.1, 0.15) is 5.60 Å². The van der Waals surface area contributed by atoms with Gasteiger partial charge in [-0.25, -0.2) is 14.2 Å². The second-order valence-electron chi connectivity index (χ2n) is 6.52. The van der Waals surface area contributed by atoms with E-state index < -0.39 is 11.4 Å². The number of amides is 1. The highest BCUT2D eigenvalue weighted by atomic mass is 19.1. The fraction of sp³-hybridized carbons (Fsp3) is 0.529. The van der Waals surface area contributed by atoms with E-state index in [4.69, 9.17) is 9.47 Å². The molecule has 0 unspecified atom stereocenters. The molecule has 0 aromatic carbocycles. The molecule has 0 bridgehead atoms. The average Bonchev–Trinajstić information content (AvgIpc) is 2.47. The van der Waals surface area contributed by atoms with Gasteiger partial charge in [-0.15, -0.1) is 0 Å². The molecule has 2 rings (SSSR count). The average molecular weight is 322 g/mol. The first-order valence-corrected chi connectivity index (χ1v) is 7.59. The molecule has 0 saturated carbocycles. The Labute approximate surface area is 136 Å². The van der Waals surface area contributed by atoms with Crippen molar-refractivity contribution in [2.75, 3.05) is 20.2 Å². The predicted molar refractivity (Wildman–Crippen MR) is 85.9 cm³/mol. The Morgan fingerprint density at radius 1 is 1.39 bits per heavy atom. The number of ether oxygens (including phenoxy) is 2. The topological polar surface area (TPSA) is 51.7 Å². The first-order chi connectivity index (χ1) is 10.7. The smallest absolute Gasteiger partial charge is 0.410 e. The predicted octanol–water partition coefficient (Wildman–Crippen LogP) is 3.56. The van der Waals surface area contributed by atoms with E-state index in [1.807, 2.05) is 33.8 Å². The molecule has 23 heavy (non-hydrogen) atoms. The molecule has 0 saturated heterocycles. The number of carbonyl (C=O) groups is 1. The third-order valence-electron chi connectivity index (χ3n) is 3.53. The Kier molecular flexibility index (Phi) is 4.92. The molecular formula is C17H23FN2O3. The lowest BCUT2D eigenvalue weighted by Gasteiger charge is -2.29. The van der Waals surface area contributed by atoms with Crippen LogP contribution in [0, 0.1) is 12.7 Å². The number of nitrogens with zero attached hydrogens (tertiary/aromatic N) is 2. The summed E-state index contributed by atoms with van der Waals surface area (Å²) in [5.41, 5.74) is 1.93. The Hall–Kier alpha value is -2.11. The van der Waals surface area contributed by atoms with Crippen LogP contribution in [-0.2, 0) is 4.74 Å². The lowest BCUT2D eigenvalue weighted by atomic mass is 9.98. The monoisotopic (exact) mass is 322 g/mol. The molecule has 1 aliphatic rings. The Balaban J connectivity index is 2.13. The van der Waals surface area contributed by atoms with Gasteiger partial charge < -0.3 is 14.4 Å². The molecule has 1 aromatic rings. The van der Waals surface area contributed by atoms with Gasteiger partial charge in [0.15, 0.2) is 5.82 Å². The maximum Gasteiger partial charge on any atom is 0.410 e. The van der Waals surface area contributed by atoms with Crippen LogP contribution in [0.3, 0.4) is 0 Å². The van der Waals surface area contributed by atoms with Gasteiger partial charge in [-0.2, -0.15) is 0 Å². The van der Waals surface area contributed by atoms with Gasteiger partial charge in [0, 0.05) is 24.3 Å². The lowest BCUT2D eigenvalue weighted by Crippen LogP contribution is -2.39. The number of carbonyl (C=O) groups excluding carboxylic acids is 1. The Bertz CT molecular complexity index is 635. The number of rotatable bonds is 2. The zero-order chi connectivity index (χ0) is 17.2. The summed E-state index contributed by atoms with van der Waals surface area (Å²) in [6, 6.07) is 1.44. The van der Waals surface area contributed by atoms with Crippen molar-refractivity contribution in [3.63, 3.8) is 0 Å². The van der Waals surface area contributed by atoms with Gasteiger partial charge in [0.2, 0.25) is 5.88 Å². The number of aromatic nitrogens is 1. The number of hydrogen-bond acceptors (Lipinski definition) is 4. The van der Waals surface area contributed by atoms with Crippen molar-refractivity contribution in [3.05, 3.63) is 29.2 Å². The standard InChI is InChI=1S/C17H23FN2O3/c1-11-13(10-14(18)15(19-11)22-5)12-6-8-20(9-7-12)16(21)23-17(2,3)4/h6,10H,7-9H2,1-5H3. The van der Waals surface area contributed by atoms with Crippen LogP contribution in [-0.4, -0.2) is 41.8 Å². The van der Waals surface area contributed by atoms with Crippen LogP contribution >= 0.6 is 0 Å². The summed E-state index contributed by atoms with van der Waals surface area (Å²) in [6.45, 7) is 8.31. The van der Waals surface area contributed by atoms with Gasteiger partial charge in [-0.3, -0.25) is 0 Å². The van der Waals surface area contributed by atoms with Crippen molar-refractivity contribution in [1.29, 1.82) is 0 Å². The quantitative estimate of drug-likeness (QED) is 0.835. The molecule has 0 fully saturated rings. The van der Waals surface area contributed by atoms with E-state index in [0.717, 1.165) is 11.1 Å². The van der Waals surface area contributed by atoms with E-state index in [1.165, 1.54) is 13.2 Å². The van der Waals surface area contributed by atoms with Crippen LogP contribution in [0.2, 0.25) is 0 Å². The minimum atomic E-state index is -0.513. The van der Waals surface area contributed by atoms with Crippen molar-refractivity contribution in [2.24, 2.45) is 0 Å². The third kappa shape index (κ3) is 4.21. The van der Waals surface area contributed by atoms with Crippen molar-refractivity contribution in [3.8, 4) is 5.88 Å². The van der Waals surface area contributed by atoms with Crippen molar-refractivity contribution < 1.29 is 18.7 Å². The summed E-state index contributed by atoms with van der Waals surface area (Å²) >= 11 is 0. The summed E-state index contributed by atoms with van der Waals surface area (Å²) in [5, 5.41) is 0. The van der Waals surface area contributed by atoms with Crippen molar-refractivity contribution in [2.45, 2.75) is 39.7 Å². The largest absolute Gasteiger partial charge is 0.479 e. The summed E-state index contributed by atoms with van der Waals surface area (Å²) in [4.78, 5) is 17.8. The van der Waals surface area contributed by atoms with Crippen LogP contribution in [0.25, 0.3) is 5.57 Å². The zero-order valence-corrected chi connectivity index (χ0v) is 14.3. The number of aryl methyl sites for hydroxylation is 1. The van der Waals surface area contributed by atoms with E-state index in [-0.39, 0.29) is 12.0 Å². The summed E-state index contributed by atoms with van der Waals surface area (Å²) in [6.07, 6.45) is 2.22. The number of hydrogen-bond donors (Lipinski definition) is 0. The van der Waals surface area contributed by atoms with E-state index in [2.05, 4.69) is 4.98 Å². The molecule has 2 heterocycles. The van der Waals surface area contributed by atoms with Crippen LogP contribution in [0.4, 0.5) is 9.18 Å². The summed E-state index contributed by atoms with van der Waals surface area (Å²) in [7, 11) is 1.39. The number of pyridine rings is 1. The second-order valence-corrected chi connectivity index (χ2v) is 6.52. The molecule has 0 atom stereocenters. The van der Waals surface area contributed by atoms with Gasteiger partial charge in [0.25, 0.3) is 0 Å². The molecule has 0 radical (unpaired) electrons. The SMILES string of the molecule is COc1nc(C)c(C2=CCN(C(=O)OC(C)(C)C)CC2)cc1F. The fourth-order valence-corrected chi connectivity index (χ4v) is 2.43. The van der Waals surface area contributed by atoms with E-state index >= 15 is 0 Å².